The van der Waals surface area contributed by atoms with E-state index in [1.54, 1.807) is 6.92 Å². The van der Waals surface area contributed by atoms with E-state index in [4.69, 9.17) is 4.74 Å². The number of nitrogens with one attached hydrogen (secondary N) is 2. The molecule has 1 atom stereocenters. The first-order chi connectivity index (χ1) is 14.6. The van der Waals surface area contributed by atoms with Crippen LogP contribution < -0.4 is 15.6 Å². The molecule has 0 radical (unpaired) electrons. The zero-order valence-electron chi connectivity index (χ0n) is 19.0. The van der Waals surface area contributed by atoms with Gasteiger partial charge in [0.1, 0.15) is 22.7 Å². The molecule has 1 saturated heterocycles. The highest BCUT2D eigenvalue weighted by atomic mass is 16.5. The molecule has 1 spiro atoms. The van der Waals surface area contributed by atoms with Crippen molar-refractivity contribution in [2.24, 2.45) is 0 Å². The number of aromatic amines is 1. The minimum atomic E-state index is -0.399. The number of aromatic nitrogens is 2. The summed E-state index contributed by atoms with van der Waals surface area (Å²) in [5.74, 6) is 1.00. The second-order valence-corrected chi connectivity index (χ2v) is 9.98. The first-order valence-electron chi connectivity index (χ1n) is 11.0. The van der Waals surface area contributed by atoms with Crippen LogP contribution in [0.4, 0.5) is 0 Å². The highest BCUT2D eigenvalue weighted by molar-refractivity contribution is 5.95. The summed E-state index contributed by atoms with van der Waals surface area (Å²) in [6, 6.07) is 7.63. The first kappa shape index (κ1) is 21.6. The number of amides is 1. The van der Waals surface area contributed by atoms with E-state index in [-0.39, 0.29) is 22.6 Å². The molecule has 2 N–H and O–H groups in total. The van der Waals surface area contributed by atoms with Gasteiger partial charge in [0.25, 0.3) is 11.5 Å². The topological polar surface area (TPSA) is 87.3 Å². The molecule has 1 aromatic heterocycles. The summed E-state index contributed by atoms with van der Waals surface area (Å²) in [6.45, 7) is 9.56. The zero-order valence-corrected chi connectivity index (χ0v) is 19.0. The summed E-state index contributed by atoms with van der Waals surface area (Å²) in [4.78, 5) is 35.6. The minimum absolute atomic E-state index is 0.0781. The maximum absolute atomic E-state index is 13.2. The van der Waals surface area contributed by atoms with E-state index in [0.717, 1.165) is 37.2 Å². The molecule has 7 nitrogen and oxygen atoms in total. The van der Waals surface area contributed by atoms with Crippen LogP contribution in [0.2, 0.25) is 0 Å². The summed E-state index contributed by atoms with van der Waals surface area (Å²) >= 11 is 0. The van der Waals surface area contributed by atoms with Crippen molar-refractivity contribution in [1.29, 1.82) is 0 Å². The fourth-order valence-electron chi connectivity index (χ4n) is 4.52. The molecular formula is C24H32N4O3. The Morgan fingerprint density at radius 3 is 2.58 bits per heavy atom. The van der Waals surface area contributed by atoms with Crippen LogP contribution in [0, 0.1) is 6.92 Å². The monoisotopic (exact) mass is 424 g/mol. The predicted molar refractivity (Wildman–Crippen MR) is 120 cm³/mol. The molecule has 3 heterocycles. The fraction of sp³-hybridized carbons (Fsp3) is 0.542. The Hall–Kier alpha value is -2.67. The van der Waals surface area contributed by atoms with E-state index in [1.807, 2.05) is 45.0 Å². The van der Waals surface area contributed by atoms with Crippen LogP contribution in [-0.2, 0) is 5.41 Å². The zero-order chi connectivity index (χ0) is 22.4. The number of carbonyl (C=O) groups excluding carboxylic acids is 1. The third-order valence-electron chi connectivity index (χ3n) is 6.44. The number of nitrogens with zero attached hydrogens (tertiary/aromatic N) is 2. The molecule has 4 rings (SSSR count). The predicted octanol–water partition coefficient (Wildman–Crippen LogP) is 3.09. The summed E-state index contributed by atoms with van der Waals surface area (Å²) in [6.07, 6.45) is 2.51. The largest absolute Gasteiger partial charge is 0.487 e. The maximum Gasteiger partial charge on any atom is 0.264 e. The van der Waals surface area contributed by atoms with Crippen molar-refractivity contribution >= 4 is 5.91 Å². The summed E-state index contributed by atoms with van der Waals surface area (Å²) in [7, 11) is 2.12. The van der Waals surface area contributed by atoms with Gasteiger partial charge in [-0.2, -0.15) is 0 Å². The molecule has 1 fully saturated rings. The number of piperidine rings is 1. The third-order valence-corrected chi connectivity index (χ3v) is 6.44. The molecule has 2 aliphatic heterocycles. The SMILES string of the molecule is Cc1nc(C(C)(C)C)[nH]c(=O)c1C(=O)NC1CC2(CCN(C)CC2)Oc2ccccc21. The van der Waals surface area contributed by atoms with Crippen LogP contribution in [-0.4, -0.2) is 46.5 Å². The molecule has 2 aromatic rings. The molecule has 2 aliphatic rings. The highest BCUT2D eigenvalue weighted by Crippen LogP contribution is 2.44. The Labute approximate surface area is 183 Å². The van der Waals surface area contributed by atoms with Crippen LogP contribution in [0.3, 0.4) is 0 Å². The van der Waals surface area contributed by atoms with Gasteiger partial charge in [-0.3, -0.25) is 9.59 Å². The van der Waals surface area contributed by atoms with Crippen molar-refractivity contribution in [1.82, 2.24) is 20.2 Å². The van der Waals surface area contributed by atoms with Gasteiger partial charge in [-0.05, 0) is 32.9 Å². The number of likely N-dealkylation sites (tertiary alicyclic amines) is 1. The highest BCUT2D eigenvalue weighted by Gasteiger charge is 2.43. The average molecular weight is 425 g/mol. The smallest absolute Gasteiger partial charge is 0.264 e. The summed E-state index contributed by atoms with van der Waals surface area (Å²) in [5, 5.41) is 3.12. The molecule has 166 valence electrons. The number of H-pyrrole nitrogens is 1. The van der Waals surface area contributed by atoms with E-state index in [0.29, 0.717) is 17.9 Å². The van der Waals surface area contributed by atoms with Gasteiger partial charge < -0.3 is 19.9 Å². The van der Waals surface area contributed by atoms with E-state index in [2.05, 4.69) is 27.2 Å². The number of hydrogen-bond donors (Lipinski definition) is 2. The van der Waals surface area contributed by atoms with Gasteiger partial charge in [0.2, 0.25) is 0 Å². The molecule has 1 amide bonds. The lowest BCUT2D eigenvalue weighted by Gasteiger charge is -2.46. The van der Waals surface area contributed by atoms with Gasteiger partial charge in [-0.15, -0.1) is 0 Å². The average Bonchev–Trinajstić information content (AvgIpc) is 2.69. The number of para-hydroxylation sites is 1. The number of rotatable bonds is 2. The van der Waals surface area contributed by atoms with E-state index in [9.17, 15) is 9.59 Å². The number of fused-ring (bicyclic) bond motifs is 1. The molecule has 1 aromatic carbocycles. The van der Waals surface area contributed by atoms with Crippen molar-refractivity contribution in [3.8, 4) is 5.75 Å². The lowest BCUT2D eigenvalue weighted by Crippen LogP contribution is -2.51. The van der Waals surface area contributed by atoms with Crippen LogP contribution in [0.5, 0.6) is 5.75 Å². The lowest BCUT2D eigenvalue weighted by molar-refractivity contribution is -0.0195. The van der Waals surface area contributed by atoms with Crippen LogP contribution in [0.15, 0.2) is 29.1 Å². The van der Waals surface area contributed by atoms with E-state index >= 15 is 0 Å². The Morgan fingerprint density at radius 1 is 1.26 bits per heavy atom. The second-order valence-electron chi connectivity index (χ2n) is 9.98. The van der Waals surface area contributed by atoms with Crippen molar-refractivity contribution in [3.63, 3.8) is 0 Å². The Balaban J connectivity index is 1.64. The number of hydrogen-bond acceptors (Lipinski definition) is 5. The Kier molecular flexibility index (Phi) is 5.41. The lowest BCUT2D eigenvalue weighted by atomic mass is 9.80. The maximum atomic E-state index is 13.2. The van der Waals surface area contributed by atoms with Gasteiger partial charge >= 0.3 is 0 Å². The van der Waals surface area contributed by atoms with Gasteiger partial charge in [0.05, 0.1) is 11.7 Å². The van der Waals surface area contributed by atoms with Crippen LogP contribution in [0.1, 0.15) is 73.5 Å². The van der Waals surface area contributed by atoms with Gasteiger partial charge in [-0.1, -0.05) is 39.0 Å². The molecular weight excluding hydrogens is 392 g/mol. The van der Waals surface area contributed by atoms with Crippen LogP contribution >= 0.6 is 0 Å². The molecule has 31 heavy (non-hydrogen) atoms. The third kappa shape index (κ3) is 4.24. The number of ether oxygens (including phenoxy) is 1. The van der Waals surface area contributed by atoms with Crippen molar-refractivity contribution in [3.05, 3.63) is 57.3 Å². The van der Waals surface area contributed by atoms with Crippen molar-refractivity contribution in [2.45, 2.75) is 64.0 Å². The van der Waals surface area contributed by atoms with E-state index < -0.39 is 11.5 Å². The summed E-state index contributed by atoms with van der Waals surface area (Å²) < 4.78 is 6.47. The standard InChI is InChI=1S/C24H32N4O3/c1-15-19(21(30)27-22(25-15)23(2,3)4)20(29)26-17-14-24(10-12-28(5)13-11-24)31-18-9-7-6-8-16(17)18/h6-9,17H,10-14H2,1-5H3,(H,26,29)(H,25,27,30). The summed E-state index contributed by atoms with van der Waals surface area (Å²) in [5.41, 5.74) is 0.473. The first-order valence-corrected chi connectivity index (χ1v) is 11.0. The van der Waals surface area contributed by atoms with Crippen molar-refractivity contribution in [2.75, 3.05) is 20.1 Å². The van der Waals surface area contributed by atoms with Gasteiger partial charge in [-0.25, -0.2) is 4.98 Å². The molecule has 0 saturated carbocycles. The molecule has 1 unspecified atom stereocenters. The number of aryl methyl sites for hydroxylation is 1. The van der Waals surface area contributed by atoms with Gasteiger partial charge in [0, 0.05) is 30.5 Å². The normalized spacial score (nSPS) is 20.7. The Morgan fingerprint density at radius 2 is 1.94 bits per heavy atom. The number of benzene rings is 1. The van der Waals surface area contributed by atoms with Gasteiger partial charge in [0.15, 0.2) is 0 Å². The van der Waals surface area contributed by atoms with Crippen molar-refractivity contribution < 1.29 is 9.53 Å². The molecule has 0 bridgehead atoms. The fourth-order valence-corrected chi connectivity index (χ4v) is 4.52. The molecule has 7 heteroatoms. The quantitative estimate of drug-likeness (QED) is 0.774. The van der Waals surface area contributed by atoms with E-state index in [1.165, 1.54) is 0 Å². The number of carbonyl (C=O) groups is 1. The van der Waals surface area contributed by atoms with Crippen LogP contribution in [0.25, 0.3) is 0 Å². The minimum Gasteiger partial charge on any atom is -0.487 e. The molecule has 0 aliphatic carbocycles. The second kappa shape index (κ2) is 7.79. The Bertz CT molecular complexity index is 1050.